The van der Waals surface area contributed by atoms with E-state index in [1.54, 1.807) is 0 Å². The number of halogens is 2. The summed E-state index contributed by atoms with van der Waals surface area (Å²) in [6, 6.07) is 11.7. The summed E-state index contributed by atoms with van der Waals surface area (Å²) in [6.45, 7) is 0. The third kappa shape index (κ3) is 2.29. The minimum absolute atomic E-state index is 0.478. The minimum atomic E-state index is 0.478. The standard InChI is InChI=1S/C13H9BrClN3S/c14-8-4-2-1-3-7(8)11-12(17-18-13(11)16)9-5-6-10(15)19-9/h1-6H,(H3,16,17,18). The summed E-state index contributed by atoms with van der Waals surface area (Å²) >= 11 is 11.0. The minimum Gasteiger partial charge on any atom is -0.382 e. The summed E-state index contributed by atoms with van der Waals surface area (Å²) in [5, 5.41) is 7.10. The highest BCUT2D eigenvalue weighted by atomic mass is 79.9. The van der Waals surface area contributed by atoms with Crippen LogP contribution in [0.1, 0.15) is 0 Å². The second kappa shape index (κ2) is 5.00. The van der Waals surface area contributed by atoms with Crippen molar-refractivity contribution in [3.8, 4) is 21.7 Å². The summed E-state index contributed by atoms with van der Waals surface area (Å²) in [6.07, 6.45) is 0. The summed E-state index contributed by atoms with van der Waals surface area (Å²) in [5.74, 6) is 0.478. The number of nitrogens with two attached hydrogens (primary N) is 1. The first-order valence-corrected chi connectivity index (χ1v) is 7.50. The fourth-order valence-corrected chi connectivity index (χ4v) is 3.45. The van der Waals surface area contributed by atoms with Gasteiger partial charge < -0.3 is 5.73 Å². The Morgan fingerprint density at radius 1 is 1.21 bits per heavy atom. The van der Waals surface area contributed by atoms with Crippen LogP contribution in [-0.2, 0) is 0 Å². The van der Waals surface area contributed by atoms with Crippen LogP contribution in [0, 0.1) is 0 Å². The second-order valence-corrected chi connectivity index (χ2v) is 6.51. The molecule has 2 aromatic heterocycles. The van der Waals surface area contributed by atoms with Crippen LogP contribution in [0.25, 0.3) is 21.7 Å². The molecule has 0 aliphatic rings. The van der Waals surface area contributed by atoms with Gasteiger partial charge in [-0.3, -0.25) is 5.10 Å². The topological polar surface area (TPSA) is 54.7 Å². The predicted octanol–water partition coefficient (Wildman–Crippen LogP) is 4.80. The van der Waals surface area contributed by atoms with E-state index >= 15 is 0 Å². The van der Waals surface area contributed by atoms with E-state index in [4.69, 9.17) is 17.3 Å². The number of hydrogen-bond donors (Lipinski definition) is 2. The quantitative estimate of drug-likeness (QED) is 0.694. The predicted molar refractivity (Wildman–Crippen MR) is 84.5 cm³/mol. The van der Waals surface area contributed by atoms with E-state index in [0.717, 1.165) is 30.5 Å². The number of nitrogens with zero attached hydrogens (tertiary/aromatic N) is 1. The first-order chi connectivity index (χ1) is 9.16. The Morgan fingerprint density at radius 2 is 2.00 bits per heavy atom. The van der Waals surface area contributed by atoms with Crippen molar-refractivity contribution < 1.29 is 0 Å². The highest BCUT2D eigenvalue weighted by molar-refractivity contribution is 9.10. The number of aromatic nitrogens is 2. The van der Waals surface area contributed by atoms with Crippen LogP contribution < -0.4 is 5.73 Å². The fraction of sp³-hybridized carbons (Fsp3) is 0. The molecule has 0 unspecified atom stereocenters. The SMILES string of the molecule is Nc1n[nH]c(-c2ccc(Cl)s2)c1-c1ccccc1Br. The highest BCUT2D eigenvalue weighted by Gasteiger charge is 2.17. The average Bonchev–Trinajstić information content (AvgIpc) is 2.96. The lowest BCUT2D eigenvalue weighted by Crippen LogP contribution is -1.89. The van der Waals surface area contributed by atoms with Gasteiger partial charge in [0.2, 0.25) is 0 Å². The van der Waals surface area contributed by atoms with E-state index in [1.807, 2.05) is 36.4 Å². The largest absolute Gasteiger partial charge is 0.382 e. The first kappa shape index (κ1) is 12.7. The monoisotopic (exact) mass is 353 g/mol. The van der Waals surface area contributed by atoms with Crippen molar-refractivity contribution in [1.29, 1.82) is 0 Å². The van der Waals surface area contributed by atoms with Crippen molar-refractivity contribution in [1.82, 2.24) is 10.2 Å². The van der Waals surface area contributed by atoms with Gasteiger partial charge in [0.25, 0.3) is 0 Å². The number of nitrogens with one attached hydrogen (secondary N) is 1. The van der Waals surface area contributed by atoms with E-state index in [2.05, 4.69) is 26.1 Å². The van der Waals surface area contributed by atoms with Crippen LogP contribution in [0.3, 0.4) is 0 Å². The Balaban J connectivity index is 2.22. The molecule has 1 aromatic carbocycles. The summed E-state index contributed by atoms with van der Waals surface area (Å²) in [5.41, 5.74) is 8.79. The number of thiophene rings is 1. The molecule has 96 valence electrons. The molecule has 3 N–H and O–H groups in total. The van der Waals surface area contributed by atoms with Crippen LogP contribution in [0.4, 0.5) is 5.82 Å². The van der Waals surface area contributed by atoms with Gasteiger partial charge in [-0.15, -0.1) is 11.3 Å². The summed E-state index contributed by atoms with van der Waals surface area (Å²) in [4.78, 5) is 1.01. The zero-order chi connectivity index (χ0) is 13.4. The molecule has 2 heterocycles. The van der Waals surface area contributed by atoms with E-state index in [-0.39, 0.29) is 0 Å². The van der Waals surface area contributed by atoms with E-state index < -0.39 is 0 Å². The molecule has 0 fully saturated rings. The van der Waals surface area contributed by atoms with E-state index in [0.29, 0.717) is 5.82 Å². The lowest BCUT2D eigenvalue weighted by molar-refractivity contribution is 1.11. The Kier molecular flexibility index (Phi) is 3.35. The first-order valence-electron chi connectivity index (χ1n) is 5.51. The molecule has 0 aliphatic heterocycles. The van der Waals surface area contributed by atoms with Gasteiger partial charge >= 0.3 is 0 Å². The third-order valence-electron chi connectivity index (χ3n) is 2.76. The number of H-pyrrole nitrogens is 1. The normalized spacial score (nSPS) is 10.8. The Hall–Kier alpha value is -1.30. The Labute approximate surface area is 127 Å². The summed E-state index contributed by atoms with van der Waals surface area (Å²) < 4.78 is 1.72. The van der Waals surface area contributed by atoms with Gasteiger partial charge in [0.1, 0.15) is 0 Å². The lowest BCUT2D eigenvalue weighted by Gasteiger charge is -2.05. The maximum absolute atomic E-state index is 5.99. The Bertz CT molecular complexity index is 735. The van der Waals surface area contributed by atoms with Crippen molar-refractivity contribution in [2.24, 2.45) is 0 Å². The van der Waals surface area contributed by atoms with Gasteiger partial charge in [-0.2, -0.15) is 5.10 Å². The number of benzene rings is 1. The van der Waals surface area contributed by atoms with Gasteiger partial charge in [-0.1, -0.05) is 45.7 Å². The zero-order valence-corrected chi connectivity index (χ0v) is 12.8. The van der Waals surface area contributed by atoms with Crippen molar-refractivity contribution in [2.75, 3.05) is 5.73 Å². The van der Waals surface area contributed by atoms with Gasteiger partial charge in [0, 0.05) is 10.0 Å². The molecule has 0 radical (unpaired) electrons. The second-order valence-electron chi connectivity index (χ2n) is 3.94. The molecule has 19 heavy (non-hydrogen) atoms. The number of aromatic amines is 1. The van der Waals surface area contributed by atoms with Gasteiger partial charge in [-0.25, -0.2) is 0 Å². The number of nitrogen functional groups attached to an aromatic ring is 1. The van der Waals surface area contributed by atoms with Gasteiger partial charge in [0.05, 0.1) is 20.5 Å². The van der Waals surface area contributed by atoms with Crippen molar-refractivity contribution in [3.63, 3.8) is 0 Å². The van der Waals surface area contributed by atoms with Crippen LogP contribution in [-0.4, -0.2) is 10.2 Å². The number of hydrogen-bond acceptors (Lipinski definition) is 3. The molecular formula is C13H9BrClN3S. The van der Waals surface area contributed by atoms with Crippen LogP contribution >= 0.6 is 38.9 Å². The van der Waals surface area contributed by atoms with Crippen LogP contribution in [0.15, 0.2) is 40.9 Å². The van der Waals surface area contributed by atoms with Crippen molar-refractivity contribution in [3.05, 3.63) is 45.2 Å². The molecule has 0 aliphatic carbocycles. The third-order valence-corrected chi connectivity index (χ3v) is 4.70. The molecular weight excluding hydrogens is 346 g/mol. The lowest BCUT2D eigenvalue weighted by atomic mass is 10.0. The van der Waals surface area contributed by atoms with Crippen LogP contribution in [0.5, 0.6) is 0 Å². The van der Waals surface area contributed by atoms with Gasteiger partial charge in [0.15, 0.2) is 5.82 Å². The van der Waals surface area contributed by atoms with Crippen LogP contribution in [0.2, 0.25) is 4.34 Å². The molecule has 0 bridgehead atoms. The number of rotatable bonds is 2. The summed E-state index contributed by atoms with van der Waals surface area (Å²) in [7, 11) is 0. The average molecular weight is 355 g/mol. The zero-order valence-electron chi connectivity index (χ0n) is 9.65. The molecule has 0 saturated carbocycles. The van der Waals surface area contributed by atoms with E-state index in [9.17, 15) is 0 Å². The Morgan fingerprint density at radius 3 is 2.68 bits per heavy atom. The maximum atomic E-state index is 5.99. The number of anilines is 1. The fourth-order valence-electron chi connectivity index (χ4n) is 1.92. The molecule has 0 atom stereocenters. The van der Waals surface area contributed by atoms with E-state index in [1.165, 1.54) is 11.3 Å². The van der Waals surface area contributed by atoms with Crippen molar-refractivity contribution in [2.45, 2.75) is 0 Å². The molecule has 3 aromatic rings. The van der Waals surface area contributed by atoms with Gasteiger partial charge in [-0.05, 0) is 18.2 Å². The molecule has 3 rings (SSSR count). The smallest absolute Gasteiger partial charge is 0.153 e. The molecule has 0 saturated heterocycles. The van der Waals surface area contributed by atoms with Crippen molar-refractivity contribution >= 4 is 44.7 Å². The maximum Gasteiger partial charge on any atom is 0.153 e. The molecule has 3 nitrogen and oxygen atoms in total. The molecule has 0 spiro atoms. The molecule has 0 amide bonds. The molecule has 6 heteroatoms. The highest BCUT2D eigenvalue weighted by Crippen LogP contribution is 2.41.